The van der Waals surface area contributed by atoms with E-state index in [1.807, 2.05) is 6.08 Å². The van der Waals surface area contributed by atoms with E-state index < -0.39 is 6.10 Å². The third kappa shape index (κ3) is 1.38. The molecule has 2 atom stereocenters. The fourth-order valence-electron chi connectivity index (χ4n) is 2.00. The van der Waals surface area contributed by atoms with Crippen LogP contribution in [0.15, 0.2) is 35.6 Å². The van der Waals surface area contributed by atoms with Crippen LogP contribution in [0.5, 0.6) is 0 Å². The normalized spacial score (nSPS) is 27.9. The number of nitrogens with two attached hydrogens (primary N) is 1. The van der Waals surface area contributed by atoms with Crippen LogP contribution in [0.3, 0.4) is 0 Å². The molecule has 0 aromatic rings. The quantitative estimate of drug-likeness (QED) is 0.640. The predicted molar refractivity (Wildman–Crippen MR) is 54.5 cm³/mol. The summed E-state index contributed by atoms with van der Waals surface area (Å²) in [6.45, 7) is 4.26. The summed E-state index contributed by atoms with van der Waals surface area (Å²) in [4.78, 5) is 0. The van der Waals surface area contributed by atoms with Crippen LogP contribution in [0.2, 0.25) is 0 Å². The molecule has 14 heavy (non-hydrogen) atoms. The lowest BCUT2D eigenvalue weighted by molar-refractivity contribution is 0.223. The van der Waals surface area contributed by atoms with Gasteiger partial charge in [0.05, 0.1) is 18.8 Å². The number of aliphatic hydroxyl groups is 1. The molecule has 0 bridgehead atoms. The molecular formula is C11H15NO2. The number of hydrogen-bond donors (Lipinski definition) is 2. The molecule has 76 valence electrons. The predicted octanol–water partition coefficient (Wildman–Crippen LogP) is 0.865. The summed E-state index contributed by atoms with van der Waals surface area (Å²) >= 11 is 0. The average molecular weight is 193 g/mol. The van der Waals surface area contributed by atoms with Crippen LogP contribution in [0, 0.1) is 0 Å². The lowest BCUT2D eigenvalue weighted by Crippen LogP contribution is -2.27. The van der Waals surface area contributed by atoms with Crippen LogP contribution >= 0.6 is 0 Å². The van der Waals surface area contributed by atoms with Crippen molar-refractivity contribution in [3.63, 3.8) is 0 Å². The monoisotopic (exact) mass is 193 g/mol. The van der Waals surface area contributed by atoms with Crippen LogP contribution in [0.1, 0.15) is 12.8 Å². The van der Waals surface area contributed by atoms with Crippen molar-refractivity contribution in [1.29, 1.82) is 0 Å². The van der Waals surface area contributed by atoms with Crippen LogP contribution in [-0.2, 0) is 4.74 Å². The fourth-order valence-corrected chi connectivity index (χ4v) is 2.00. The summed E-state index contributed by atoms with van der Waals surface area (Å²) in [6, 6.07) is -0.0340. The molecule has 3 nitrogen and oxygen atoms in total. The third-order valence-corrected chi connectivity index (χ3v) is 2.73. The summed E-state index contributed by atoms with van der Waals surface area (Å²) in [5.41, 5.74) is 7.89. The first-order valence-corrected chi connectivity index (χ1v) is 4.86. The first-order valence-electron chi connectivity index (χ1n) is 4.86. The van der Waals surface area contributed by atoms with Crippen LogP contribution < -0.4 is 5.73 Å². The lowest BCUT2D eigenvalue weighted by atomic mass is 9.89. The summed E-state index contributed by atoms with van der Waals surface area (Å²) in [6.07, 6.45) is 4.52. The Balaban J connectivity index is 2.32. The van der Waals surface area contributed by atoms with Gasteiger partial charge in [0.2, 0.25) is 0 Å². The summed E-state index contributed by atoms with van der Waals surface area (Å²) in [5, 5.41) is 9.70. The highest BCUT2D eigenvalue weighted by molar-refractivity contribution is 5.44. The van der Waals surface area contributed by atoms with E-state index in [9.17, 15) is 5.11 Å². The molecule has 0 saturated heterocycles. The Morgan fingerprint density at radius 1 is 1.71 bits per heavy atom. The standard InChI is InChI=1S/C11H15NO2/c1-2-10(13)7-3-4-9(12)11-8(7)5-6-14-11/h2-3,9-10,13H,1,4-6,12H2. The summed E-state index contributed by atoms with van der Waals surface area (Å²) < 4.78 is 5.46. The zero-order valence-electron chi connectivity index (χ0n) is 8.07. The highest BCUT2D eigenvalue weighted by Gasteiger charge is 2.29. The van der Waals surface area contributed by atoms with Gasteiger partial charge in [-0.05, 0) is 12.0 Å². The van der Waals surface area contributed by atoms with Gasteiger partial charge >= 0.3 is 0 Å². The molecule has 2 unspecified atom stereocenters. The van der Waals surface area contributed by atoms with E-state index in [4.69, 9.17) is 10.5 Å². The van der Waals surface area contributed by atoms with Crippen molar-refractivity contribution in [2.24, 2.45) is 5.73 Å². The van der Waals surface area contributed by atoms with Crippen molar-refractivity contribution in [2.45, 2.75) is 25.0 Å². The molecule has 1 heterocycles. The SMILES string of the molecule is C=CC(O)C1=CCC(N)C2=C1CCO2. The second-order valence-electron chi connectivity index (χ2n) is 3.62. The first-order chi connectivity index (χ1) is 6.74. The van der Waals surface area contributed by atoms with Gasteiger partial charge in [0.15, 0.2) is 0 Å². The fraction of sp³-hybridized carbons (Fsp3) is 0.455. The van der Waals surface area contributed by atoms with Gasteiger partial charge in [-0.15, -0.1) is 6.58 Å². The van der Waals surface area contributed by atoms with Crippen molar-refractivity contribution in [3.8, 4) is 0 Å². The highest BCUT2D eigenvalue weighted by atomic mass is 16.5. The Kier molecular flexibility index (Phi) is 2.44. The van der Waals surface area contributed by atoms with Crippen molar-refractivity contribution in [3.05, 3.63) is 35.6 Å². The van der Waals surface area contributed by atoms with E-state index in [2.05, 4.69) is 6.58 Å². The zero-order chi connectivity index (χ0) is 10.1. The van der Waals surface area contributed by atoms with Crippen molar-refractivity contribution in [1.82, 2.24) is 0 Å². The minimum Gasteiger partial charge on any atom is -0.496 e. The Morgan fingerprint density at radius 2 is 2.50 bits per heavy atom. The number of ether oxygens (including phenoxy) is 1. The highest BCUT2D eigenvalue weighted by Crippen LogP contribution is 2.34. The van der Waals surface area contributed by atoms with E-state index in [0.717, 1.165) is 29.7 Å². The Bertz CT molecular complexity index is 317. The molecule has 0 aromatic carbocycles. The largest absolute Gasteiger partial charge is 0.496 e. The molecule has 1 aliphatic carbocycles. The first kappa shape index (κ1) is 9.49. The minimum absolute atomic E-state index is 0.0340. The zero-order valence-corrected chi connectivity index (χ0v) is 8.07. The van der Waals surface area contributed by atoms with E-state index in [1.165, 1.54) is 6.08 Å². The van der Waals surface area contributed by atoms with Gasteiger partial charge in [0, 0.05) is 12.0 Å². The molecule has 3 N–H and O–H groups in total. The van der Waals surface area contributed by atoms with E-state index >= 15 is 0 Å². The van der Waals surface area contributed by atoms with Gasteiger partial charge in [-0.1, -0.05) is 12.2 Å². The van der Waals surface area contributed by atoms with Gasteiger partial charge in [0.1, 0.15) is 5.76 Å². The second kappa shape index (κ2) is 3.59. The van der Waals surface area contributed by atoms with E-state index in [0.29, 0.717) is 6.61 Å². The summed E-state index contributed by atoms with van der Waals surface area (Å²) in [7, 11) is 0. The van der Waals surface area contributed by atoms with Gasteiger partial charge < -0.3 is 15.6 Å². The molecule has 0 amide bonds. The van der Waals surface area contributed by atoms with E-state index in [1.54, 1.807) is 0 Å². The van der Waals surface area contributed by atoms with E-state index in [-0.39, 0.29) is 6.04 Å². The van der Waals surface area contributed by atoms with Crippen LogP contribution in [0.4, 0.5) is 0 Å². The molecule has 0 radical (unpaired) electrons. The van der Waals surface area contributed by atoms with Gasteiger partial charge in [-0.25, -0.2) is 0 Å². The Hall–Kier alpha value is -1.06. The topological polar surface area (TPSA) is 55.5 Å². The minimum atomic E-state index is -0.589. The number of rotatable bonds is 2. The third-order valence-electron chi connectivity index (χ3n) is 2.73. The molecule has 0 saturated carbocycles. The van der Waals surface area contributed by atoms with Gasteiger partial charge in [0.25, 0.3) is 0 Å². The second-order valence-corrected chi connectivity index (χ2v) is 3.62. The number of hydrogen-bond acceptors (Lipinski definition) is 3. The molecule has 2 aliphatic rings. The molecular weight excluding hydrogens is 178 g/mol. The van der Waals surface area contributed by atoms with Crippen LogP contribution in [0.25, 0.3) is 0 Å². The Morgan fingerprint density at radius 3 is 3.21 bits per heavy atom. The molecule has 0 spiro atoms. The van der Waals surface area contributed by atoms with Gasteiger partial charge in [-0.3, -0.25) is 0 Å². The summed E-state index contributed by atoms with van der Waals surface area (Å²) in [5.74, 6) is 0.864. The lowest BCUT2D eigenvalue weighted by Gasteiger charge is -2.22. The molecule has 1 aliphatic heterocycles. The smallest absolute Gasteiger partial charge is 0.117 e. The van der Waals surface area contributed by atoms with Crippen molar-refractivity contribution >= 4 is 0 Å². The molecule has 3 heteroatoms. The van der Waals surface area contributed by atoms with Gasteiger partial charge in [-0.2, -0.15) is 0 Å². The van der Waals surface area contributed by atoms with Crippen LogP contribution in [-0.4, -0.2) is 23.9 Å². The molecule has 0 fully saturated rings. The maximum atomic E-state index is 9.70. The maximum Gasteiger partial charge on any atom is 0.117 e. The van der Waals surface area contributed by atoms with Crippen molar-refractivity contribution < 1.29 is 9.84 Å². The average Bonchev–Trinajstić information content (AvgIpc) is 2.67. The number of aliphatic hydroxyl groups excluding tert-OH is 1. The molecule has 2 rings (SSSR count). The Labute approximate surface area is 83.6 Å². The maximum absolute atomic E-state index is 9.70. The molecule has 0 aromatic heterocycles. The van der Waals surface area contributed by atoms with Crippen molar-refractivity contribution in [2.75, 3.05) is 6.61 Å².